The lowest BCUT2D eigenvalue weighted by atomic mass is 10.1. The predicted octanol–water partition coefficient (Wildman–Crippen LogP) is 4.56. The number of nitrogens with one attached hydrogen (secondary N) is 2. The maximum Gasteiger partial charge on any atom is 0.262 e. The van der Waals surface area contributed by atoms with E-state index < -0.39 is 10.0 Å². The summed E-state index contributed by atoms with van der Waals surface area (Å²) in [6, 6.07) is 12.2. The van der Waals surface area contributed by atoms with Gasteiger partial charge in [0.2, 0.25) is 0 Å². The topological polar surface area (TPSA) is 75.3 Å². The highest BCUT2D eigenvalue weighted by atomic mass is 32.2. The van der Waals surface area contributed by atoms with Crippen molar-refractivity contribution in [1.29, 1.82) is 0 Å². The zero-order valence-corrected chi connectivity index (χ0v) is 17.3. The first-order valence-corrected chi connectivity index (χ1v) is 11.3. The third kappa shape index (κ3) is 5.13. The second-order valence-corrected chi connectivity index (χ2v) is 9.27. The molecule has 150 valence electrons. The Hall–Kier alpha value is -2.34. The van der Waals surface area contributed by atoms with Crippen molar-refractivity contribution in [3.05, 3.63) is 59.2 Å². The summed E-state index contributed by atoms with van der Waals surface area (Å²) in [5, 5.41) is 3.08. The minimum absolute atomic E-state index is 0.127. The molecular weight excluding hydrogens is 372 g/mol. The van der Waals surface area contributed by atoms with Gasteiger partial charge in [-0.3, -0.25) is 9.52 Å². The van der Waals surface area contributed by atoms with Gasteiger partial charge in [0.1, 0.15) is 0 Å². The van der Waals surface area contributed by atoms with Crippen LogP contribution in [0.15, 0.2) is 47.4 Å². The van der Waals surface area contributed by atoms with E-state index in [0.717, 1.165) is 31.2 Å². The summed E-state index contributed by atoms with van der Waals surface area (Å²) in [4.78, 5) is 12.8. The summed E-state index contributed by atoms with van der Waals surface area (Å²) in [6.07, 6.45) is 6.64. The van der Waals surface area contributed by atoms with Gasteiger partial charge in [0.25, 0.3) is 15.9 Å². The number of rotatable bonds is 5. The van der Waals surface area contributed by atoms with Crippen LogP contribution < -0.4 is 10.0 Å². The van der Waals surface area contributed by atoms with E-state index in [-0.39, 0.29) is 16.8 Å². The lowest BCUT2D eigenvalue weighted by molar-refractivity contribution is 0.0933. The van der Waals surface area contributed by atoms with Crippen LogP contribution in [0.1, 0.15) is 60.0 Å². The zero-order valence-electron chi connectivity index (χ0n) is 16.5. The highest BCUT2D eigenvalue weighted by molar-refractivity contribution is 7.92. The number of carbonyl (C=O) groups is 1. The fourth-order valence-corrected chi connectivity index (χ4v) is 4.96. The second-order valence-electron chi connectivity index (χ2n) is 7.62. The van der Waals surface area contributed by atoms with Gasteiger partial charge < -0.3 is 5.32 Å². The zero-order chi connectivity index (χ0) is 20.1. The summed E-state index contributed by atoms with van der Waals surface area (Å²) in [6.45, 7) is 3.64. The van der Waals surface area contributed by atoms with E-state index in [1.165, 1.54) is 18.9 Å². The number of benzene rings is 2. The first kappa shape index (κ1) is 20.4. The monoisotopic (exact) mass is 400 g/mol. The van der Waals surface area contributed by atoms with Crippen molar-refractivity contribution in [3.8, 4) is 0 Å². The molecule has 0 saturated heterocycles. The van der Waals surface area contributed by atoms with E-state index in [2.05, 4.69) is 10.0 Å². The smallest absolute Gasteiger partial charge is 0.262 e. The summed E-state index contributed by atoms with van der Waals surface area (Å²) < 4.78 is 28.4. The maximum absolute atomic E-state index is 12.9. The normalized spacial score (nSPS) is 15.6. The number of hydrogen-bond donors (Lipinski definition) is 2. The van der Waals surface area contributed by atoms with Crippen LogP contribution in [-0.2, 0) is 10.0 Å². The first-order valence-electron chi connectivity index (χ1n) is 9.86. The Labute approximate surface area is 167 Å². The number of carbonyl (C=O) groups excluding carboxylic acids is 1. The Bertz CT molecular complexity index is 946. The standard InChI is InChI=1S/C22H28N2O3S/c1-16-8-7-11-20(14-16)24-28(26,27)21-15-18(13-12-17(21)2)22(25)23-19-9-5-3-4-6-10-19/h7-8,11-15,19,24H,3-6,9-10H2,1-2H3,(H,23,25). The molecule has 5 nitrogen and oxygen atoms in total. The van der Waals surface area contributed by atoms with E-state index in [0.29, 0.717) is 16.8 Å². The predicted molar refractivity (Wildman–Crippen MR) is 112 cm³/mol. The van der Waals surface area contributed by atoms with Crippen LogP contribution in [0, 0.1) is 13.8 Å². The van der Waals surface area contributed by atoms with Crippen molar-refractivity contribution in [2.24, 2.45) is 0 Å². The molecule has 1 fully saturated rings. The van der Waals surface area contributed by atoms with Crippen LogP contribution in [0.4, 0.5) is 5.69 Å². The van der Waals surface area contributed by atoms with Gasteiger partial charge in [-0.15, -0.1) is 0 Å². The number of hydrogen-bond acceptors (Lipinski definition) is 3. The number of anilines is 1. The van der Waals surface area contributed by atoms with Crippen LogP contribution in [0.5, 0.6) is 0 Å². The van der Waals surface area contributed by atoms with Crippen molar-refractivity contribution in [1.82, 2.24) is 5.32 Å². The molecule has 0 aliphatic heterocycles. The highest BCUT2D eigenvalue weighted by Crippen LogP contribution is 2.22. The van der Waals surface area contributed by atoms with Crippen LogP contribution in [-0.4, -0.2) is 20.4 Å². The summed E-state index contributed by atoms with van der Waals surface area (Å²) in [7, 11) is -3.79. The SMILES string of the molecule is Cc1cccc(NS(=O)(=O)c2cc(C(=O)NC3CCCCCC3)ccc2C)c1. The largest absolute Gasteiger partial charge is 0.349 e. The van der Waals surface area contributed by atoms with Gasteiger partial charge in [0.15, 0.2) is 0 Å². The summed E-state index contributed by atoms with van der Waals surface area (Å²) in [5.74, 6) is -0.209. The summed E-state index contributed by atoms with van der Waals surface area (Å²) in [5.41, 5.74) is 2.45. The van der Waals surface area contributed by atoms with Crippen LogP contribution >= 0.6 is 0 Å². The van der Waals surface area contributed by atoms with Crippen LogP contribution in [0.3, 0.4) is 0 Å². The van der Waals surface area contributed by atoms with Gasteiger partial charge in [-0.1, -0.05) is 43.9 Å². The molecule has 0 atom stereocenters. The average Bonchev–Trinajstić information content (AvgIpc) is 2.90. The van der Waals surface area contributed by atoms with Crippen molar-refractivity contribution in [3.63, 3.8) is 0 Å². The molecule has 28 heavy (non-hydrogen) atoms. The molecule has 2 aromatic rings. The lowest BCUT2D eigenvalue weighted by Gasteiger charge is -2.17. The third-order valence-corrected chi connectivity index (χ3v) is 6.72. The van der Waals surface area contributed by atoms with Crippen molar-refractivity contribution >= 4 is 21.6 Å². The van der Waals surface area contributed by atoms with Crippen molar-refractivity contribution < 1.29 is 13.2 Å². The Kier molecular flexibility index (Phi) is 6.39. The van der Waals surface area contributed by atoms with Crippen molar-refractivity contribution in [2.75, 3.05) is 4.72 Å². The molecule has 0 bridgehead atoms. The van der Waals surface area contributed by atoms with Gasteiger partial charge in [0.05, 0.1) is 4.90 Å². The van der Waals surface area contributed by atoms with E-state index in [4.69, 9.17) is 0 Å². The Morgan fingerprint density at radius 3 is 2.36 bits per heavy atom. The van der Waals surface area contributed by atoms with E-state index in [1.54, 1.807) is 37.3 Å². The van der Waals surface area contributed by atoms with E-state index in [9.17, 15) is 13.2 Å². The van der Waals surface area contributed by atoms with Crippen LogP contribution in [0.2, 0.25) is 0 Å². The van der Waals surface area contributed by atoms with Gasteiger partial charge >= 0.3 is 0 Å². The number of sulfonamides is 1. The second kappa shape index (κ2) is 8.78. The molecule has 2 aromatic carbocycles. The molecule has 0 spiro atoms. The molecule has 1 aliphatic carbocycles. The van der Waals surface area contributed by atoms with Gasteiger partial charge in [-0.25, -0.2) is 8.42 Å². The molecule has 6 heteroatoms. The van der Waals surface area contributed by atoms with E-state index in [1.807, 2.05) is 13.0 Å². The molecular formula is C22H28N2O3S. The first-order chi connectivity index (χ1) is 13.3. The summed E-state index contributed by atoms with van der Waals surface area (Å²) >= 11 is 0. The van der Waals surface area contributed by atoms with E-state index >= 15 is 0 Å². The fourth-order valence-electron chi connectivity index (χ4n) is 3.64. The Morgan fingerprint density at radius 1 is 0.964 bits per heavy atom. The van der Waals surface area contributed by atoms with Gasteiger partial charge in [-0.05, 0) is 62.1 Å². The molecule has 1 aliphatic rings. The molecule has 0 aromatic heterocycles. The molecule has 0 radical (unpaired) electrons. The average molecular weight is 401 g/mol. The molecule has 0 unspecified atom stereocenters. The molecule has 1 saturated carbocycles. The quantitative estimate of drug-likeness (QED) is 0.723. The van der Waals surface area contributed by atoms with Gasteiger partial charge in [0, 0.05) is 17.3 Å². The maximum atomic E-state index is 12.9. The molecule has 0 heterocycles. The third-order valence-electron chi connectivity index (χ3n) is 5.20. The Balaban J connectivity index is 1.81. The van der Waals surface area contributed by atoms with Crippen LogP contribution in [0.25, 0.3) is 0 Å². The Morgan fingerprint density at radius 2 is 1.68 bits per heavy atom. The molecule has 1 amide bonds. The minimum atomic E-state index is -3.79. The van der Waals surface area contributed by atoms with Crippen molar-refractivity contribution in [2.45, 2.75) is 63.3 Å². The van der Waals surface area contributed by atoms with Gasteiger partial charge in [-0.2, -0.15) is 0 Å². The molecule has 2 N–H and O–H groups in total. The molecule has 3 rings (SSSR count). The minimum Gasteiger partial charge on any atom is -0.349 e. The number of aryl methyl sites for hydroxylation is 2. The highest BCUT2D eigenvalue weighted by Gasteiger charge is 2.21. The number of amides is 1. The lowest BCUT2D eigenvalue weighted by Crippen LogP contribution is -2.34. The fraction of sp³-hybridized carbons (Fsp3) is 0.409.